The normalized spacial score (nSPS) is 16.9. The van der Waals surface area contributed by atoms with E-state index in [1.807, 2.05) is 0 Å². The van der Waals surface area contributed by atoms with Crippen molar-refractivity contribution in [3.05, 3.63) is 59.2 Å². The monoisotopic (exact) mass is 345 g/mol. The standard InChI is InChI=1S/C19H17F2NO3/c1-11-9-13(20)5-7-14(11)15-6-4-12(10-16(15)21)18(23)22-8-2-3-17(22)19(24)25/h4-7,9-10,17H,2-3,8H2,1H3,(H,24,25). The molecule has 0 bridgehead atoms. The average molecular weight is 345 g/mol. The Kier molecular flexibility index (Phi) is 4.53. The highest BCUT2D eigenvalue weighted by Crippen LogP contribution is 2.28. The van der Waals surface area contributed by atoms with E-state index in [0.717, 1.165) is 6.07 Å². The number of halogens is 2. The smallest absolute Gasteiger partial charge is 0.326 e. The largest absolute Gasteiger partial charge is 0.480 e. The van der Waals surface area contributed by atoms with Crippen molar-refractivity contribution in [3.8, 4) is 11.1 Å². The fraction of sp³-hybridized carbons (Fsp3) is 0.263. The Hall–Kier alpha value is -2.76. The summed E-state index contributed by atoms with van der Waals surface area (Å²) in [6.07, 6.45) is 1.01. The van der Waals surface area contributed by atoms with Crippen LogP contribution in [0.4, 0.5) is 8.78 Å². The zero-order valence-electron chi connectivity index (χ0n) is 13.6. The number of aryl methyl sites for hydroxylation is 1. The summed E-state index contributed by atoms with van der Waals surface area (Å²) in [5.74, 6) is -2.55. The van der Waals surface area contributed by atoms with E-state index in [1.165, 1.54) is 35.2 Å². The van der Waals surface area contributed by atoms with Gasteiger partial charge in [0.1, 0.15) is 17.7 Å². The van der Waals surface area contributed by atoms with Crippen molar-refractivity contribution in [1.29, 1.82) is 0 Å². The molecule has 1 aliphatic heterocycles. The van der Waals surface area contributed by atoms with Crippen LogP contribution in [0.5, 0.6) is 0 Å². The van der Waals surface area contributed by atoms with Gasteiger partial charge in [-0.2, -0.15) is 0 Å². The van der Waals surface area contributed by atoms with Crippen molar-refractivity contribution in [2.45, 2.75) is 25.8 Å². The number of rotatable bonds is 3. The lowest BCUT2D eigenvalue weighted by Gasteiger charge is -2.21. The van der Waals surface area contributed by atoms with Crippen LogP contribution in [-0.4, -0.2) is 34.5 Å². The second kappa shape index (κ2) is 6.63. The summed E-state index contributed by atoms with van der Waals surface area (Å²) >= 11 is 0. The highest BCUT2D eigenvalue weighted by molar-refractivity contribution is 5.97. The van der Waals surface area contributed by atoms with E-state index < -0.39 is 29.6 Å². The molecule has 0 radical (unpaired) electrons. The van der Waals surface area contributed by atoms with E-state index in [9.17, 15) is 23.5 Å². The van der Waals surface area contributed by atoms with Gasteiger partial charge >= 0.3 is 5.97 Å². The number of nitrogens with zero attached hydrogens (tertiary/aromatic N) is 1. The van der Waals surface area contributed by atoms with Gasteiger partial charge in [0.05, 0.1) is 0 Å². The second-order valence-corrected chi connectivity index (χ2v) is 6.15. The van der Waals surface area contributed by atoms with Crippen molar-refractivity contribution in [1.82, 2.24) is 4.90 Å². The molecule has 0 aromatic heterocycles. The maximum atomic E-state index is 14.5. The lowest BCUT2D eigenvalue weighted by molar-refractivity contribution is -0.141. The molecule has 1 aliphatic rings. The molecule has 4 nitrogen and oxygen atoms in total. The van der Waals surface area contributed by atoms with E-state index in [2.05, 4.69) is 0 Å². The molecule has 3 rings (SSSR count). The van der Waals surface area contributed by atoms with Crippen LogP contribution in [-0.2, 0) is 4.79 Å². The van der Waals surface area contributed by atoms with Crippen molar-refractivity contribution in [2.24, 2.45) is 0 Å². The van der Waals surface area contributed by atoms with E-state index >= 15 is 0 Å². The quantitative estimate of drug-likeness (QED) is 0.924. The number of hydrogen-bond donors (Lipinski definition) is 1. The van der Waals surface area contributed by atoms with Gasteiger partial charge in [0.2, 0.25) is 0 Å². The topological polar surface area (TPSA) is 57.6 Å². The SMILES string of the molecule is Cc1cc(F)ccc1-c1ccc(C(=O)N2CCCC2C(=O)O)cc1F. The van der Waals surface area contributed by atoms with Crippen LogP contribution in [0, 0.1) is 18.6 Å². The first-order valence-electron chi connectivity index (χ1n) is 7.98. The number of likely N-dealkylation sites (tertiary alicyclic amines) is 1. The van der Waals surface area contributed by atoms with E-state index in [-0.39, 0.29) is 11.1 Å². The molecule has 6 heteroatoms. The van der Waals surface area contributed by atoms with Gasteiger partial charge < -0.3 is 10.0 Å². The zero-order valence-corrected chi connectivity index (χ0v) is 13.6. The third-order valence-corrected chi connectivity index (χ3v) is 4.49. The molecule has 1 atom stereocenters. The second-order valence-electron chi connectivity index (χ2n) is 6.15. The maximum absolute atomic E-state index is 14.5. The van der Waals surface area contributed by atoms with Crippen LogP contribution in [0.3, 0.4) is 0 Å². The van der Waals surface area contributed by atoms with Crippen molar-refractivity contribution in [2.75, 3.05) is 6.54 Å². The summed E-state index contributed by atoms with van der Waals surface area (Å²) in [5, 5.41) is 9.18. The summed E-state index contributed by atoms with van der Waals surface area (Å²) in [4.78, 5) is 25.0. The molecular weight excluding hydrogens is 328 g/mol. The highest BCUT2D eigenvalue weighted by Gasteiger charge is 2.34. The first-order valence-corrected chi connectivity index (χ1v) is 7.98. The minimum atomic E-state index is -1.05. The Morgan fingerprint density at radius 3 is 2.48 bits per heavy atom. The molecule has 1 heterocycles. The fourth-order valence-corrected chi connectivity index (χ4v) is 3.23. The van der Waals surface area contributed by atoms with Crippen LogP contribution < -0.4 is 0 Å². The third-order valence-electron chi connectivity index (χ3n) is 4.49. The lowest BCUT2D eigenvalue weighted by Crippen LogP contribution is -2.40. The lowest BCUT2D eigenvalue weighted by atomic mass is 9.98. The van der Waals surface area contributed by atoms with Crippen molar-refractivity contribution in [3.63, 3.8) is 0 Å². The Bertz CT molecular complexity index is 851. The van der Waals surface area contributed by atoms with Gasteiger partial charge in [0, 0.05) is 17.7 Å². The Morgan fingerprint density at radius 2 is 1.84 bits per heavy atom. The van der Waals surface area contributed by atoms with Gasteiger partial charge in [-0.1, -0.05) is 12.1 Å². The summed E-state index contributed by atoms with van der Waals surface area (Å²) in [6.45, 7) is 2.02. The number of hydrogen-bond acceptors (Lipinski definition) is 2. The zero-order chi connectivity index (χ0) is 18.1. The maximum Gasteiger partial charge on any atom is 0.326 e. The molecule has 25 heavy (non-hydrogen) atoms. The average Bonchev–Trinajstić information content (AvgIpc) is 3.04. The van der Waals surface area contributed by atoms with Crippen molar-refractivity contribution < 1.29 is 23.5 Å². The van der Waals surface area contributed by atoms with Gasteiger partial charge in [0.25, 0.3) is 5.91 Å². The highest BCUT2D eigenvalue weighted by atomic mass is 19.1. The van der Waals surface area contributed by atoms with Gasteiger partial charge in [-0.15, -0.1) is 0 Å². The van der Waals surface area contributed by atoms with Crippen LogP contribution in [0.2, 0.25) is 0 Å². The molecule has 1 amide bonds. The molecule has 0 aliphatic carbocycles. The van der Waals surface area contributed by atoms with Gasteiger partial charge in [-0.3, -0.25) is 4.79 Å². The molecule has 2 aromatic rings. The number of aliphatic carboxylic acids is 1. The predicted octanol–water partition coefficient (Wildman–Crippen LogP) is 3.63. The summed E-state index contributed by atoms with van der Waals surface area (Å²) in [7, 11) is 0. The molecule has 2 aromatic carbocycles. The van der Waals surface area contributed by atoms with Crippen LogP contribution >= 0.6 is 0 Å². The molecule has 1 unspecified atom stereocenters. The van der Waals surface area contributed by atoms with Gasteiger partial charge in [-0.25, -0.2) is 13.6 Å². The number of amides is 1. The molecule has 1 N–H and O–H groups in total. The number of carboxylic acid groups (broad SMARTS) is 1. The Balaban J connectivity index is 1.92. The summed E-state index contributed by atoms with van der Waals surface area (Å²) < 4.78 is 27.8. The molecule has 130 valence electrons. The minimum absolute atomic E-state index is 0.106. The van der Waals surface area contributed by atoms with Crippen LogP contribution in [0.15, 0.2) is 36.4 Å². The summed E-state index contributed by atoms with van der Waals surface area (Å²) in [5.41, 5.74) is 1.50. The molecule has 0 saturated carbocycles. The van der Waals surface area contributed by atoms with E-state index in [1.54, 1.807) is 6.92 Å². The Morgan fingerprint density at radius 1 is 1.12 bits per heavy atom. The van der Waals surface area contributed by atoms with Gasteiger partial charge in [-0.05, 0) is 55.2 Å². The number of carbonyl (C=O) groups is 2. The molecule has 1 fully saturated rings. The number of benzene rings is 2. The van der Waals surface area contributed by atoms with E-state index in [4.69, 9.17) is 0 Å². The number of carbonyl (C=O) groups excluding carboxylic acids is 1. The molecular formula is C19H17F2NO3. The predicted molar refractivity (Wildman–Crippen MR) is 88.2 cm³/mol. The van der Waals surface area contributed by atoms with Crippen LogP contribution in [0.25, 0.3) is 11.1 Å². The third kappa shape index (κ3) is 3.24. The summed E-state index contributed by atoms with van der Waals surface area (Å²) in [6, 6.07) is 7.24. The molecule has 0 spiro atoms. The fourth-order valence-electron chi connectivity index (χ4n) is 3.23. The first-order chi connectivity index (χ1) is 11.9. The van der Waals surface area contributed by atoms with E-state index in [0.29, 0.717) is 30.5 Å². The van der Waals surface area contributed by atoms with Crippen molar-refractivity contribution >= 4 is 11.9 Å². The first kappa shape index (κ1) is 17.1. The van der Waals surface area contributed by atoms with Crippen LogP contribution in [0.1, 0.15) is 28.8 Å². The Labute approximate surface area is 143 Å². The minimum Gasteiger partial charge on any atom is -0.480 e. The van der Waals surface area contributed by atoms with Gasteiger partial charge in [0.15, 0.2) is 0 Å². The molecule has 1 saturated heterocycles. The number of carboxylic acids is 1.